The summed E-state index contributed by atoms with van der Waals surface area (Å²) in [5.41, 5.74) is 6.29. The molecule has 1 aromatic carbocycles. The molecule has 7 heteroatoms. The summed E-state index contributed by atoms with van der Waals surface area (Å²) in [4.78, 5) is 4.07. The van der Waals surface area contributed by atoms with E-state index in [0.717, 1.165) is 5.56 Å². The molecule has 2 aromatic rings. The Bertz CT molecular complexity index is 672. The number of halogens is 1. The molecule has 0 radical (unpaired) electrons. The van der Waals surface area contributed by atoms with Crippen LogP contribution >= 0.6 is 11.6 Å². The largest absolute Gasteiger partial charge is 0.326 e. The molecule has 19 heavy (non-hydrogen) atoms. The maximum Gasteiger partial charge on any atom is 0.263 e. The Balaban J connectivity index is 2.28. The molecule has 0 unspecified atom stereocenters. The summed E-state index contributed by atoms with van der Waals surface area (Å²) in [6, 6.07) is 9.20. The van der Waals surface area contributed by atoms with Gasteiger partial charge in [-0.25, -0.2) is 13.4 Å². The van der Waals surface area contributed by atoms with E-state index in [1.54, 1.807) is 12.1 Å². The van der Waals surface area contributed by atoms with Gasteiger partial charge >= 0.3 is 0 Å². The number of benzene rings is 1. The lowest BCUT2D eigenvalue weighted by Crippen LogP contribution is -2.14. The molecule has 0 bridgehead atoms. The fraction of sp³-hybridized carbons (Fsp3) is 0.0833. The number of aromatic nitrogens is 1. The second-order valence-electron chi connectivity index (χ2n) is 3.81. The Hall–Kier alpha value is -1.63. The van der Waals surface area contributed by atoms with Crippen molar-refractivity contribution in [3.63, 3.8) is 0 Å². The molecule has 0 spiro atoms. The van der Waals surface area contributed by atoms with Crippen molar-refractivity contribution in [3.8, 4) is 0 Å². The summed E-state index contributed by atoms with van der Waals surface area (Å²) < 4.78 is 26.6. The zero-order chi connectivity index (χ0) is 13.9. The summed E-state index contributed by atoms with van der Waals surface area (Å²) in [5.74, 6) is 0.234. The lowest BCUT2D eigenvalue weighted by Gasteiger charge is -2.08. The van der Waals surface area contributed by atoms with Gasteiger partial charge in [0.15, 0.2) is 0 Å². The number of nitrogens with zero attached hydrogens (tertiary/aromatic N) is 1. The van der Waals surface area contributed by atoms with E-state index in [4.69, 9.17) is 17.3 Å². The number of sulfonamides is 1. The second-order valence-corrected chi connectivity index (χ2v) is 5.93. The van der Waals surface area contributed by atoms with E-state index in [0.29, 0.717) is 11.6 Å². The average molecular weight is 298 g/mol. The van der Waals surface area contributed by atoms with Crippen molar-refractivity contribution in [2.24, 2.45) is 5.73 Å². The highest BCUT2D eigenvalue weighted by atomic mass is 35.5. The van der Waals surface area contributed by atoms with Crippen molar-refractivity contribution in [1.82, 2.24) is 4.98 Å². The van der Waals surface area contributed by atoms with Crippen molar-refractivity contribution in [2.75, 3.05) is 4.72 Å². The van der Waals surface area contributed by atoms with Gasteiger partial charge in [-0.1, -0.05) is 11.6 Å². The SMILES string of the molecule is NCc1ccnc(NS(=O)(=O)c2ccc(Cl)cc2)c1. The highest BCUT2D eigenvalue weighted by Gasteiger charge is 2.14. The molecule has 1 aromatic heterocycles. The average Bonchev–Trinajstić information content (AvgIpc) is 2.39. The van der Waals surface area contributed by atoms with Gasteiger partial charge in [0, 0.05) is 17.8 Å². The lowest BCUT2D eigenvalue weighted by molar-refractivity contribution is 0.601. The standard InChI is InChI=1S/C12H12ClN3O2S/c13-10-1-3-11(4-2-10)19(17,18)16-12-7-9(8-14)5-6-15-12/h1-7H,8,14H2,(H,15,16). The molecule has 0 amide bonds. The topological polar surface area (TPSA) is 85.1 Å². The molecule has 0 aliphatic rings. The third-order valence-corrected chi connectivity index (χ3v) is 4.05. The van der Waals surface area contributed by atoms with E-state index in [2.05, 4.69) is 9.71 Å². The van der Waals surface area contributed by atoms with Crippen molar-refractivity contribution in [3.05, 3.63) is 53.2 Å². The van der Waals surface area contributed by atoms with Crippen LogP contribution in [0.4, 0.5) is 5.82 Å². The molecule has 5 nitrogen and oxygen atoms in total. The first-order valence-electron chi connectivity index (χ1n) is 5.44. The molecule has 0 saturated heterocycles. The van der Waals surface area contributed by atoms with Gasteiger partial charge in [0.2, 0.25) is 0 Å². The van der Waals surface area contributed by atoms with E-state index < -0.39 is 10.0 Å². The molecule has 2 rings (SSSR count). The summed E-state index contributed by atoms with van der Waals surface area (Å²) in [6.07, 6.45) is 1.50. The molecule has 0 aliphatic heterocycles. The predicted octanol–water partition coefficient (Wildman–Crippen LogP) is 1.99. The molecule has 100 valence electrons. The number of rotatable bonds is 4. The second kappa shape index (κ2) is 5.56. The van der Waals surface area contributed by atoms with E-state index in [1.165, 1.54) is 30.5 Å². The van der Waals surface area contributed by atoms with Crippen LogP contribution in [0.5, 0.6) is 0 Å². The predicted molar refractivity (Wildman–Crippen MR) is 74.4 cm³/mol. The van der Waals surface area contributed by atoms with Crippen LogP contribution in [-0.4, -0.2) is 13.4 Å². The number of hydrogen-bond donors (Lipinski definition) is 2. The van der Waals surface area contributed by atoms with Gasteiger partial charge in [-0.2, -0.15) is 0 Å². The third-order valence-electron chi connectivity index (χ3n) is 2.42. The molecular formula is C12H12ClN3O2S. The Morgan fingerprint density at radius 1 is 1.21 bits per heavy atom. The minimum Gasteiger partial charge on any atom is -0.326 e. The fourth-order valence-electron chi connectivity index (χ4n) is 1.47. The van der Waals surface area contributed by atoms with E-state index in [-0.39, 0.29) is 10.7 Å². The maximum absolute atomic E-state index is 12.1. The molecule has 3 N–H and O–H groups in total. The molecule has 0 saturated carbocycles. The Labute approximate surface area is 116 Å². The van der Waals surface area contributed by atoms with Gasteiger partial charge in [0.05, 0.1) is 4.90 Å². The number of hydrogen-bond acceptors (Lipinski definition) is 4. The first kappa shape index (κ1) is 13.8. The summed E-state index contributed by atoms with van der Waals surface area (Å²) in [7, 11) is -3.67. The number of pyridine rings is 1. The number of nitrogens with two attached hydrogens (primary N) is 1. The third kappa shape index (κ3) is 3.44. The van der Waals surface area contributed by atoms with Gasteiger partial charge in [0.25, 0.3) is 10.0 Å². The van der Waals surface area contributed by atoms with Gasteiger partial charge < -0.3 is 5.73 Å². The number of anilines is 1. The van der Waals surface area contributed by atoms with Crippen molar-refractivity contribution in [1.29, 1.82) is 0 Å². The van der Waals surface area contributed by atoms with Crippen molar-refractivity contribution < 1.29 is 8.42 Å². The minimum atomic E-state index is -3.67. The Kier molecular flexibility index (Phi) is 4.04. The van der Waals surface area contributed by atoms with E-state index in [9.17, 15) is 8.42 Å². The normalized spacial score (nSPS) is 11.3. The van der Waals surface area contributed by atoms with Crippen LogP contribution in [0.2, 0.25) is 5.02 Å². The fourth-order valence-corrected chi connectivity index (χ4v) is 2.59. The van der Waals surface area contributed by atoms with Gasteiger partial charge in [-0.15, -0.1) is 0 Å². The van der Waals surface area contributed by atoms with Crippen LogP contribution in [0, 0.1) is 0 Å². The van der Waals surface area contributed by atoms with Crippen LogP contribution in [0.25, 0.3) is 0 Å². The lowest BCUT2D eigenvalue weighted by atomic mass is 10.3. The maximum atomic E-state index is 12.1. The molecule has 0 aliphatic carbocycles. The quantitative estimate of drug-likeness (QED) is 0.904. The Morgan fingerprint density at radius 2 is 1.89 bits per heavy atom. The van der Waals surface area contributed by atoms with E-state index in [1.807, 2.05) is 0 Å². The van der Waals surface area contributed by atoms with Crippen LogP contribution < -0.4 is 10.5 Å². The zero-order valence-electron chi connectivity index (χ0n) is 9.88. The summed E-state index contributed by atoms with van der Waals surface area (Å²) in [6.45, 7) is 0.318. The van der Waals surface area contributed by atoms with E-state index >= 15 is 0 Å². The molecule has 0 atom stereocenters. The van der Waals surface area contributed by atoms with Crippen molar-refractivity contribution in [2.45, 2.75) is 11.4 Å². The highest BCUT2D eigenvalue weighted by Crippen LogP contribution is 2.17. The number of nitrogens with one attached hydrogen (secondary N) is 1. The van der Waals surface area contributed by atoms with Gasteiger partial charge in [0.1, 0.15) is 5.82 Å². The summed E-state index contributed by atoms with van der Waals surface area (Å²) >= 11 is 5.72. The van der Waals surface area contributed by atoms with Crippen LogP contribution in [0.3, 0.4) is 0 Å². The monoisotopic (exact) mass is 297 g/mol. The highest BCUT2D eigenvalue weighted by molar-refractivity contribution is 7.92. The van der Waals surface area contributed by atoms with Crippen LogP contribution in [0.1, 0.15) is 5.56 Å². The molecule has 1 heterocycles. The van der Waals surface area contributed by atoms with Gasteiger partial charge in [-0.05, 0) is 42.0 Å². The minimum absolute atomic E-state index is 0.122. The van der Waals surface area contributed by atoms with Crippen LogP contribution in [0.15, 0.2) is 47.5 Å². The molecular weight excluding hydrogens is 286 g/mol. The van der Waals surface area contributed by atoms with Crippen LogP contribution in [-0.2, 0) is 16.6 Å². The molecule has 0 fully saturated rings. The van der Waals surface area contributed by atoms with Gasteiger partial charge in [-0.3, -0.25) is 4.72 Å². The van der Waals surface area contributed by atoms with Crippen molar-refractivity contribution >= 4 is 27.4 Å². The first-order valence-corrected chi connectivity index (χ1v) is 7.31. The zero-order valence-corrected chi connectivity index (χ0v) is 11.4. The summed E-state index contributed by atoms with van der Waals surface area (Å²) in [5, 5.41) is 0.474. The smallest absolute Gasteiger partial charge is 0.263 e. The first-order chi connectivity index (χ1) is 9.01. The Morgan fingerprint density at radius 3 is 2.53 bits per heavy atom.